The van der Waals surface area contributed by atoms with Crippen molar-refractivity contribution >= 4 is 59.2 Å². The van der Waals surface area contributed by atoms with Gasteiger partial charge in [-0.05, 0) is 85.0 Å². The molecule has 3 aromatic carbocycles. The van der Waals surface area contributed by atoms with Gasteiger partial charge in [-0.25, -0.2) is 9.78 Å². The Bertz CT molecular complexity index is 2070. The van der Waals surface area contributed by atoms with E-state index in [0.29, 0.717) is 54.7 Å². The molecule has 0 unspecified atom stereocenters. The van der Waals surface area contributed by atoms with Crippen LogP contribution < -0.4 is 26.8 Å². The quantitative estimate of drug-likeness (QED) is 0.0683. The molecule has 286 valence electrons. The van der Waals surface area contributed by atoms with Gasteiger partial charge in [-0.1, -0.05) is 54.6 Å². The molecule has 0 saturated heterocycles. The minimum absolute atomic E-state index is 0. The van der Waals surface area contributed by atoms with Gasteiger partial charge in [-0.2, -0.15) is 0 Å². The summed E-state index contributed by atoms with van der Waals surface area (Å²) in [7, 11) is 0. The zero-order chi connectivity index (χ0) is 36.6. The Morgan fingerprint density at radius 2 is 1.69 bits per heavy atom. The van der Waals surface area contributed by atoms with Gasteiger partial charge in [0.25, 0.3) is 0 Å². The molecule has 1 atom stereocenters. The van der Waals surface area contributed by atoms with Gasteiger partial charge in [-0.3, -0.25) is 14.5 Å². The van der Waals surface area contributed by atoms with Gasteiger partial charge < -0.3 is 36.7 Å². The number of carboxylic acid groups (broad SMARTS) is 1. The molecule has 1 aliphatic carbocycles. The van der Waals surface area contributed by atoms with Gasteiger partial charge in [0, 0.05) is 54.8 Å². The number of amides is 2. The molecular weight excluding hydrogens is 731 g/mol. The number of hydrogen-bond donors (Lipinski definition) is 7. The molecule has 2 aromatic heterocycles. The highest BCUT2D eigenvalue weighted by Crippen LogP contribution is 2.36. The first-order valence-electron chi connectivity index (χ1n) is 17.6. The van der Waals surface area contributed by atoms with Crippen LogP contribution in [0.3, 0.4) is 0 Å². The van der Waals surface area contributed by atoms with E-state index in [1.54, 1.807) is 24.4 Å². The van der Waals surface area contributed by atoms with Gasteiger partial charge in [0.15, 0.2) is 0 Å². The summed E-state index contributed by atoms with van der Waals surface area (Å²) in [5.41, 5.74) is 10.9. The van der Waals surface area contributed by atoms with Crippen molar-refractivity contribution in [1.29, 1.82) is 0 Å². The first-order chi connectivity index (χ1) is 25.2. The number of anilines is 2. The summed E-state index contributed by atoms with van der Waals surface area (Å²) in [5.74, 6) is 0.191. The molecule has 0 radical (unpaired) electrons. The van der Waals surface area contributed by atoms with E-state index in [4.69, 9.17) is 5.73 Å². The number of aliphatic hydroxyl groups is 1. The summed E-state index contributed by atoms with van der Waals surface area (Å²) < 4.78 is 0. The Kier molecular flexibility index (Phi) is 15.0. The fraction of sp³-hybridized carbons (Fsp3) is 0.300. The Hall–Kier alpha value is -4.98. The summed E-state index contributed by atoms with van der Waals surface area (Å²) in [4.78, 5) is 45.7. The first-order valence-corrected chi connectivity index (χ1v) is 17.6. The number of nitrogens with two attached hydrogens (primary N) is 1. The summed E-state index contributed by atoms with van der Waals surface area (Å²) in [6.07, 6.45) is 4.21. The van der Waals surface area contributed by atoms with Gasteiger partial charge in [0.1, 0.15) is 11.6 Å². The van der Waals surface area contributed by atoms with Gasteiger partial charge in [-0.15, -0.1) is 24.8 Å². The maximum atomic E-state index is 12.8. The van der Waals surface area contributed by atoms with Crippen molar-refractivity contribution in [3.63, 3.8) is 0 Å². The van der Waals surface area contributed by atoms with Gasteiger partial charge in [0.2, 0.25) is 11.5 Å². The number of aryl methyl sites for hydroxylation is 1. The molecule has 5 aromatic rings. The van der Waals surface area contributed by atoms with Crippen LogP contribution in [0.4, 0.5) is 16.3 Å². The number of aliphatic hydroxyl groups excluding tert-OH is 1. The fourth-order valence-electron chi connectivity index (χ4n) is 6.88. The van der Waals surface area contributed by atoms with Crippen molar-refractivity contribution in [2.45, 2.75) is 69.7 Å². The Morgan fingerprint density at radius 3 is 2.39 bits per heavy atom. The molecule has 6 rings (SSSR count). The number of nitrogens with zero attached hydrogens (tertiary/aromatic N) is 2. The number of aromatic amines is 1. The molecule has 2 heterocycles. The summed E-state index contributed by atoms with van der Waals surface area (Å²) in [6.45, 7) is 0.640. The Balaban J connectivity index is 0.00000325. The van der Waals surface area contributed by atoms with Crippen LogP contribution >= 0.6 is 24.8 Å². The number of pyridine rings is 2. The minimum Gasteiger partial charge on any atom is -0.506 e. The number of carbonyl (C=O) groups excluding carboxylic acids is 1. The van der Waals surface area contributed by atoms with E-state index in [-0.39, 0.29) is 72.6 Å². The third kappa shape index (κ3) is 10.4. The molecule has 54 heavy (non-hydrogen) atoms. The molecule has 1 fully saturated rings. The lowest BCUT2D eigenvalue weighted by Crippen LogP contribution is -2.44. The van der Waals surface area contributed by atoms with E-state index in [0.717, 1.165) is 35.1 Å². The number of aromatic nitrogens is 2. The van der Waals surface area contributed by atoms with Gasteiger partial charge >= 0.3 is 6.09 Å². The lowest BCUT2D eigenvalue weighted by molar-refractivity contribution is -0.116. The second kappa shape index (κ2) is 19.4. The van der Waals surface area contributed by atoms with Crippen molar-refractivity contribution in [3.8, 4) is 16.9 Å². The Morgan fingerprint density at radius 1 is 0.944 bits per heavy atom. The predicted molar refractivity (Wildman–Crippen MR) is 216 cm³/mol. The van der Waals surface area contributed by atoms with Crippen LogP contribution in [-0.4, -0.2) is 55.9 Å². The number of hydrogen-bond acceptors (Lipinski definition) is 8. The van der Waals surface area contributed by atoms with Crippen molar-refractivity contribution in [2.24, 2.45) is 5.73 Å². The smallest absolute Gasteiger partial charge is 0.412 e. The maximum Gasteiger partial charge on any atom is 0.412 e. The molecular formula is C40H46Cl2N6O6. The number of halogens is 2. The van der Waals surface area contributed by atoms with E-state index in [2.05, 4.69) is 20.6 Å². The fourth-order valence-corrected chi connectivity index (χ4v) is 6.88. The normalized spacial score (nSPS) is 15.7. The van der Waals surface area contributed by atoms with Crippen LogP contribution in [0.2, 0.25) is 0 Å². The third-order valence-corrected chi connectivity index (χ3v) is 9.61. The zero-order valence-corrected chi connectivity index (χ0v) is 31.2. The lowest BCUT2D eigenvalue weighted by atomic mass is 9.89. The first kappa shape index (κ1) is 41.8. The largest absolute Gasteiger partial charge is 0.506 e. The van der Waals surface area contributed by atoms with E-state index < -0.39 is 12.2 Å². The van der Waals surface area contributed by atoms with E-state index in [1.165, 1.54) is 17.0 Å². The number of fused-ring (bicyclic) bond motifs is 1. The minimum atomic E-state index is -0.983. The zero-order valence-electron chi connectivity index (χ0n) is 29.6. The number of benzene rings is 3. The highest BCUT2D eigenvalue weighted by atomic mass is 35.5. The highest BCUT2D eigenvalue weighted by molar-refractivity contribution is 5.94. The average Bonchev–Trinajstić information content (AvgIpc) is 3.14. The molecule has 0 bridgehead atoms. The van der Waals surface area contributed by atoms with Crippen LogP contribution in [-0.2, 0) is 17.8 Å². The molecule has 2 amide bonds. The monoisotopic (exact) mass is 776 g/mol. The van der Waals surface area contributed by atoms with Crippen molar-refractivity contribution in [1.82, 2.24) is 15.3 Å². The molecule has 8 N–H and O–H groups in total. The standard InChI is InChI=1S/C40H44N6O6.2ClH/c41-28-11-13-29(14-12-28)46(40(51)52)33-21-25(9-15-30(33)27-6-2-1-3-7-27)5-4-8-37(49)44-36-19-10-26(23-43-36)22-42-24-35(48)31-16-18-34(47)39-32(31)17-20-38(50)45-39;;/h1-3,6-7,9-10,15-21,23,28-29,35,42,47-48H,4-5,8,11-14,22,24,41H2,(H,45,50)(H,51,52)(H,43,44,49);2*1H/t28?,29?,35-;;/m0../s1. The predicted octanol–water partition coefficient (Wildman–Crippen LogP) is 6.68. The summed E-state index contributed by atoms with van der Waals surface area (Å²) >= 11 is 0. The number of carbonyl (C=O) groups is 2. The van der Waals surface area contributed by atoms with Crippen LogP contribution in [0.25, 0.3) is 22.0 Å². The van der Waals surface area contributed by atoms with Crippen LogP contribution in [0.1, 0.15) is 61.3 Å². The number of phenols is 1. The molecule has 1 saturated carbocycles. The third-order valence-electron chi connectivity index (χ3n) is 9.61. The topological polar surface area (TPSA) is 194 Å². The van der Waals surface area contributed by atoms with Crippen molar-refractivity contribution in [3.05, 3.63) is 118 Å². The SMILES string of the molecule is Cl.Cl.NC1CCC(N(C(=O)O)c2cc(CCCC(=O)Nc3ccc(CNC[C@H](O)c4ccc(O)c5[nH]c(=O)ccc45)cn3)ccc2-c2ccccc2)CC1. The van der Waals surface area contributed by atoms with Crippen LogP contribution in [0.5, 0.6) is 5.75 Å². The average molecular weight is 778 g/mol. The van der Waals surface area contributed by atoms with Crippen LogP contribution in [0.15, 0.2) is 95.9 Å². The molecule has 0 aliphatic heterocycles. The number of aromatic hydroxyl groups is 1. The molecule has 14 heteroatoms. The van der Waals surface area contributed by atoms with E-state index >= 15 is 0 Å². The number of phenolic OH excluding ortho intramolecular Hbond substituents is 1. The summed E-state index contributed by atoms with van der Waals surface area (Å²) in [6, 6.07) is 25.2. The van der Waals surface area contributed by atoms with Crippen LogP contribution in [0, 0.1) is 0 Å². The second-order valence-electron chi connectivity index (χ2n) is 13.3. The highest BCUT2D eigenvalue weighted by Gasteiger charge is 2.30. The van der Waals surface area contributed by atoms with E-state index in [1.807, 2.05) is 54.6 Å². The van der Waals surface area contributed by atoms with E-state index in [9.17, 15) is 29.7 Å². The number of nitrogens with one attached hydrogen (secondary N) is 3. The van der Waals surface area contributed by atoms with Gasteiger partial charge in [0.05, 0.1) is 17.3 Å². The Labute approximate surface area is 325 Å². The molecule has 1 aliphatic rings. The summed E-state index contributed by atoms with van der Waals surface area (Å²) in [5, 5.41) is 37.9. The second-order valence-corrected chi connectivity index (χ2v) is 13.3. The number of H-pyrrole nitrogens is 1. The number of rotatable bonds is 13. The molecule has 12 nitrogen and oxygen atoms in total. The van der Waals surface area contributed by atoms with Crippen molar-refractivity contribution < 1.29 is 24.9 Å². The lowest BCUT2D eigenvalue weighted by Gasteiger charge is -2.35. The maximum absolute atomic E-state index is 12.8. The van der Waals surface area contributed by atoms with Crippen molar-refractivity contribution in [2.75, 3.05) is 16.8 Å². The molecule has 0 spiro atoms.